The maximum atomic E-state index is 11.5. The van der Waals surface area contributed by atoms with E-state index in [9.17, 15) is 5.11 Å². The van der Waals surface area contributed by atoms with Crippen LogP contribution in [0.25, 0.3) is 0 Å². The monoisotopic (exact) mass is 408 g/mol. The zero-order valence-corrected chi connectivity index (χ0v) is 17.3. The van der Waals surface area contributed by atoms with Crippen molar-refractivity contribution in [2.75, 3.05) is 11.5 Å². The van der Waals surface area contributed by atoms with Gasteiger partial charge >= 0.3 is 0 Å². The maximum Gasteiger partial charge on any atom is 0.120 e. The quantitative estimate of drug-likeness (QED) is 0.540. The zero-order chi connectivity index (χ0) is 19.2. The average molecular weight is 409 g/mol. The van der Waals surface area contributed by atoms with Crippen molar-refractivity contribution in [2.45, 2.75) is 23.2 Å². The standard InChI is InChI=1S/C24H24O2S2/c25-23(24(27-15-8-16-28-24)21-12-5-2-6-13-21)20-11-7-14-22(17-20)26-18-19-9-3-1-4-10-19/h1-7,9-14,17,23,25H,8,15-16,18H2. The average Bonchev–Trinajstić information content (AvgIpc) is 2.79. The highest BCUT2D eigenvalue weighted by molar-refractivity contribution is 8.18. The van der Waals surface area contributed by atoms with Gasteiger partial charge in [0.25, 0.3) is 0 Å². The molecule has 1 heterocycles. The molecule has 1 aliphatic rings. The van der Waals surface area contributed by atoms with E-state index < -0.39 is 6.10 Å². The molecule has 0 spiro atoms. The Morgan fingerprint density at radius 1 is 0.857 bits per heavy atom. The van der Waals surface area contributed by atoms with Gasteiger partial charge in [0.1, 0.15) is 22.5 Å². The number of thioether (sulfide) groups is 2. The second kappa shape index (κ2) is 9.08. The topological polar surface area (TPSA) is 29.5 Å². The Balaban J connectivity index is 1.58. The molecule has 3 aromatic carbocycles. The van der Waals surface area contributed by atoms with Crippen molar-refractivity contribution < 1.29 is 9.84 Å². The SMILES string of the molecule is OC(c1cccc(OCc2ccccc2)c1)C1(c2ccccc2)SCCCS1. The first-order valence-corrected chi connectivity index (χ1v) is 11.5. The number of aliphatic hydroxyl groups excluding tert-OH is 1. The molecular weight excluding hydrogens is 384 g/mol. The third-order valence-electron chi connectivity index (χ3n) is 4.88. The summed E-state index contributed by atoms with van der Waals surface area (Å²) in [4.78, 5) is 0. The van der Waals surface area contributed by atoms with Crippen molar-refractivity contribution >= 4 is 23.5 Å². The summed E-state index contributed by atoms with van der Waals surface area (Å²) in [6.45, 7) is 0.522. The van der Waals surface area contributed by atoms with E-state index in [1.807, 2.05) is 72.1 Å². The summed E-state index contributed by atoms with van der Waals surface area (Å²) in [7, 11) is 0. The first-order chi connectivity index (χ1) is 13.8. The number of aliphatic hydroxyl groups is 1. The van der Waals surface area contributed by atoms with Crippen LogP contribution in [0.15, 0.2) is 84.9 Å². The Labute approximate surface area is 175 Å². The van der Waals surface area contributed by atoms with E-state index in [4.69, 9.17) is 4.74 Å². The van der Waals surface area contributed by atoms with Crippen molar-refractivity contribution in [3.05, 3.63) is 102 Å². The highest BCUT2D eigenvalue weighted by atomic mass is 32.2. The molecule has 2 nitrogen and oxygen atoms in total. The van der Waals surface area contributed by atoms with E-state index in [2.05, 4.69) is 36.4 Å². The van der Waals surface area contributed by atoms with Gasteiger partial charge in [-0.1, -0.05) is 72.8 Å². The first-order valence-electron chi connectivity index (χ1n) is 9.56. The Morgan fingerprint density at radius 3 is 2.25 bits per heavy atom. The lowest BCUT2D eigenvalue weighted by atomic mass is 10.00. The van der Waals surface area contributed by atoms with Gasteiger partial charge in [-0.3, -0.25) is 0 Å². The van der Waals surface area contributed by atoms with E-state index in [1.165, 1.54) is 12.0 Å². The second-order valence-electron chi connectivity index (χ2n) is 6.83. The lowest BCUT2D eigenvalue weighted by Crippen LogP contribution is -2.30. The maximum absolute atomic E-state index is 11.5. The van der Waals surface area contributed by atoms with Gasteiger partial charge in [0.05, 0.1) is 0 Å². The molecular formula is C24H24O2S2. The van der Waals surface area contributed by atoms with Gasteiger partial charge in [0.2, 0.25) is 0 Å². The molecule has 0 aliphatic carbocycles. The molecule has 28 heavy (non-hydrogen) atoms. The van der Waals surface area contributed by atoms with E-state index in [0.717, 1.165) is 28.4 Å². The fraction of sp³-hybridized carbons (Fsp3) is 0.250. The number of hydrogen-bond acceptors (Lipinski definition) is 4. The number of ether oxygens (including phenoxy) is 1. The lowest BCUT2D eigenvalue weighted by Gasteiger charge is -2.40. The normalized spacial score (nSPS) is 17.0. The smallest absolute Gasteiger partial charge is 0.120 e. The Kier molecular flexibility index (Phi) is 6.30. The van der Waals surface area contributed by atoms with Crippen LogP contribution >= 0.6 is 23.5 Å². The predicted octanol–water partition coefficient (Wildman–Crippen LogP) is 6.02. The molecule has 1 N–H and O–H groups in total. The van der Waals surface area contributed by atoms with E-state index >= 15 is 0 Å². The van der Waals surface area contributed by atoms with Crippen molar-refractivity contribution in [1.82, 2.24) is 0 Å². The zero-order valence-electron chi connectivity index (χ0n) is 15.7. The van der Waals surface area contributed by atoms with Gasteiger partial charge in [-0.2, -0.15) is 0 Å². The summed E-state index contributed by atoms with van der Waals surface area (Å²) >= 11 is 3.71. The van der Waals surface area contributed by atoms with Gasteiger partial charge in [-0.05, 0) is 46.7 Å². The predicted molar refractivity (Wildman–Crippen MR) is 120 cm³/mol. The summed E-state index contributed by atoms with van der Waals surface area (Å²) < 4.78 is 5.61. The van der Waals surface area contributed by atoms with E-state index in [-0.39, 0.29) is 4.08 Å². The summed E-state index contributed by atoms with van der Waals surface area (Å²) in [5.41, 5.74) is 3.21. The molecule has 0 amide bonds. The van der Waals surface area contributed by atoms with Crippen LogP contribution in [0, 0.1) is 0 Å². The van der Waals surface area contributed by atoms with Crippen LogP contribution in [0.1, 0.15) is 29.2 Å². The minimum absolute atomic E-state index is 0.377. The van der Waals surface area contributed by atoms with Crippen LogP contribution < -0.4 is 4.74 Å². The van der Waals surface area contributed by atoms with Crippen LogP contribution in [0.3, 0.4) is 0 Å². The van der Waals surface area contributed by atoms with Gasteiger partial charge < -0.3 is 9.84 Å². The van der Waals surface area contributed by atoms with Crippen LogP contribution in [0.5, 0.6) is 5.75 Å². The molecule has 1 atom stereocenters. The Hall–Kier alpha value is -1.88. The van der Waals surface area contributed by atoms with Crippen LogP contribution in [0.4, 0.5) is 0 Å². The second-order valence-corrected chi connectivity index (χ2v) is 9.77. The minimum Gasteiger partial charge on any atom is -0.489 e. The number of hydrogen-bond donors (Lipinski definition) is 1. The summed E-state index contributed by atoms with van der Waals surface area (Å²) in [6.07, 6.45) is 0.571. The van der Waals surface area contributed by atoms with E-state index in [0.29, 0.717) is 6.61 Å². The third-order valence-corrected chi connectivity index (χ3v) is 8.35. The first kappa shape index (κ1) is 19.4. The highest BCUT2D eigenvalue weighted by Gasteiger charge is 2.43. The van der Waals surface area contributed by atoms with Crippen LogP contribution in [-0.2, 0) is 10.7 Å². The highest BCUT2D eigenvalue weighted by Crippen LogP contribution is 2.57. The molecule has 0 bridgehead atoms. The minimum atomic E-state index is -0.606. The molecule has 144 valence electrons. The van der Waals surface area contributed by atoms with Crippen LogP contribution in [0.2, 0.25) is 0 Å². The fourth-order valence-electron chi connectivity index (χ4n) is 3.44. The van der Waals surface area contributed by atoms with Gasteiger partial charge in [-0.15, -0.1) is 23.5 Å². The molecule has 4 heteroatoms. The van der Waals surface area contributed by atoms with Crippen molar-refractivity contribution in [1.29, 1.82) is 0 Å². The Morgan fingerprint density at radius 2 is 1.54 bits per heavy atom. The lowest BCUT2D eigenvalue weighted by molar-refractivity contribution is 0.162. The molecule has 1 aliphatic heterocycles. The van der Waals surface area contributed by atoms with Crippen molar-refractivity contribution in [3.63, 3.8) is 0 Å². The molecule has 4 rings (SSSR count). The van der Waals surface area contributed by atoms with Crippen LogP contribution in [-0.4, -0.2) is 16.6 Å². The van der Waals surface area contributed by atoms with Gasteiger partial charge in [0, 0.05) is 0 Å². The number of rotatable bonds is 6. The Bertz CT molecular complexity index is 877. The summed E-state index contributed by atoms with van der Waals surface area (Å²) in [5.74, 6) is 2.90. The van der Waals surface area contributed by atoms with Gasteiger partial charge in [-0.25, -0.2) is 0 Å². The molecule has 1 unspecified atom stereocenters. The van der Waals surface area contributed by atoms with E-state index in [1.54, 1.807) is 0 Å². The molecule has 0 aromatic heterocycles. The number of benzene rings is 3. The fourth-order valence-corrected chi connectivity index (χ4v) is 6.83. The molecule has 3 aromatic rings. The van der Waals surface area contributed by atoms with Gasteiger partial charge in [0.15, 0.2) is 0 Å². The molecule has 1 saturated heterocycles. The van der Waals surface area contributed by atoms with Crippen molar-refractivity contribution in [2.24, 2.45) is 0 Å². The molecule has 0 saturated carbocycles. The molecule has 1 fully saturated rings. The molecule has 0 radical (unpaired) electrons. The summed E-state index contributed by atoms with van der Waals surface area (Å²) in [6, 6.07) is 28.4. The largest absolute Gasteiger partial charge is 0.489 e. The van der Waals surface area contributed by atoms with Crippen molar-refractivity contribution in [3.8, 4) is 5.75 Å². The third kappa shape index (κ3) is 4.24. The summed E-state index contributed by atoms with van der Waals surface area (Å²) in [5, 5.41) is 11.5.